The average Bonchev–Trinajstić information content (AvgIpc) is 2.37. The van der Waals surface area contributed by atoms with Gasteiger partial charge in [0.25, 0.3) is 0 Å². The molecular formula is C14H12BrNO2. The lowest BCUT2D eigenvalue weighted by molar-refractivity contribution is -0.142. The summed E-state index contributed by atoms with van der Waals surface area (Å²) in [5, 5.41) is 0. The minimum absolute atomic E-state index is 0.271. The van der Waals surface area contributed by atoms with Crippen LogP contribution in [0.15, 0.2) is 47.1 Å². The number of halogens is 1. The van der Waals surface area contributed by atoms with E-state index in [0.717, 1.165) is 21.4 Å². The molecule has 0 amide bonds. The van der Waals surface area contributed by atoms with Crippen molar-refractivity contribution in [2.24, 2.45) is 0 Å². The van der Waals surface area contributed by atoms with Gasteiger partial charge in [-0.3, -0.25) is 4.79 Å². The van der Waals surface area contributed by atoms with Gasteiger partial charge < -0.3 is 4.74 Å². The Bertz CT molecular complexity index is 552. The third kappa shape index (κ3) is 3.40. The van der Waals surface area contributed by atoms with Gasteiger partial charge in [-0.2, -0.15) is 0 Å². The molecule has 3 nitrogen and oxygen atoms in total. The lowest BCUT2D eigenvalue weighted by Crippen LogP contribution is -1.98. The second kappa shape index (κ2) is 5.78. The van der Waals surface area contributed by atoms with Gasteiger partial charge in [0.1, 0.15) is 11.2 Å². The second-order valence-corrected chi connectivity index (χ2v) is 4.64. The van der Waals surface area contributed by atoms with Crippen molar-refractivity contribution in [1.29, 1.82) is 0 Å². The van der Waals surface area contributed by atoms with Crippen molar-refractivity contribution < 1.29 is 9.53 Å². The predicted octanol–water partition coefficient (Wildman–Crippen LogP) is 3.57. The highest BCUT2D eigenvalue weighted by Crippen LogP contribution is 2.19. The first kappa shape index (κ1) is 12.8. The molecule has 4 heteroatoms. The van der Waals surface area contributed by atoms with Gasteiger partial charge in [-0.05, 0) is 33.6 Å². The number of pyridine rings is 1. The van der Waals surface area contributed by atoms with Crippen LogP contribution in [0.25, 0.3) is 11.3 Å². The molecule has 92 valence electrons. The van der Waals surface area contributed by atoms with Crippen LogP contribution < -0.4 is 0 Å². The Labute approximate surface area is 114 Å². The van der Waals surface area contributed by atoms with E-state index in [0.29, 0.717) is 6.61 Å². The molecule has 0 aliphatic rings. The zero-order chi connectivity index (χ0) is 13.0. The summed E-state index contributed by atoms with van der Waals surface area (Å²) in [6.07, 6.45) is 0. The number of aromatic nitrogens is 1. The number of hydrogen-bond acceptors (Lipinski definition) is 3. The Morgan fingerprint density at radius 1 is 1.22 bits per heavy atom. The van der Waals surface area contributed by atoms with Gasteiger partial charge in [-0.15, -0.1) is 0 Å². The van der Waals surface area contributed by atoms with Crippen molar-refractivity contribution in [2.45, 2.75) is 13.5 Å². The number of hydrogen-bond donors (Lipinski definition) is 0. The fourth-order valence-electron chi connectivity index (χ4n) is 1.53. The van der Waals surface area contributed by atoms with Gasteiger partial charge in [-0.1, -0.05) is 30.3 Å². The molecule has 0 aliphatic carbocycles. The number of carbonyl (C=O) groups excluding carboxylic acids is 1. The monoisotopic (exact) mass is 305 g/mol. The van der Waals surface area contributed by atoms with E-state index in [1.54, 1.807) is 0 Å². The van der Waals surface area contributed by atoms with Gasteiger partial charge in [0.15, 0.2) is 0 Å². The van der Waals surface area contributed by atoms with Crippen LogP contribution in [0.4, 0.5) is 0 Å². The van der Waals surface area contributed by atoms with Gasteiger partial charge in [0, 0.05) is 12.5 Å². The number of benzene rings is 1. The van der Waals surface area contributed by atoms with E-state index in [4.69, 9.17) is 4.74 Å². The quantitative estimate of drug-likeness (QED) is 0.643. The number of esters is 1. The SMILES string of the molecule is CC(=O)OCc1ccc(-c2cccc(Br)n2)cc1. The topological polar surface area (TPSA) is 39.2 Å². The highest BCUT2D eigenvalue weighted by atomic mass is 79.9. The third-order valence-electron chi connectivity index (χ3n) is 2.41. The number of nitrogens with zero attached hydrogens (tertiary/aromatic N) is 1. The van der Waals surface area contributed by atoms with Crippen LogP contribution in [0.3, 0.4) is 0 Å². The summed E-state index contributed by atoms with van der Waals surface area (Å²) in [6, 6.07) is 13.6. The highest BCUT2D eigenvalue weighted by Gasteiger charge is 2.01. The number of carbonyl (C=O) groups is 1. The Hall–Kier alpha value is -1.68. The Kier molecular flexibility index (Phi) is 4.10. The summed E-state index contributed by atoms with van der Waals surface area (Å²) in [4.78, 5) is 15.1. The molecule has 0 unspecified atom stereocenters. The molecule has 0 saturated carbocycles. The second-order valence-electron chi connectivity index (χ2n) is 3.82. The van der Waals surface area contributed by atoms with Crippen LogP contribution in [0.2, 0.25) is 0 Å². The van der Waals surface area contributed by atoms with Gasteiger partial charge in [-0.25, -0.2) is 4.98 Å². The maximum atomic E-state index is 10.7. The first-order chi connectivity index (χ1) is 8.65. The Balaban J connectivity index is 2.14. The van der Waals surface area contributed by atoms with Gasteiger partial charge in [0.05, 0.1) is 5.69 Å². The van der Waals surface area contributed by atoms with E-state index >= 15 is 0 Å². The molecular weight excluding hydrogens is 294 g/mol. The van der Waals surface area contributed by atoms with Crippen molar-refractivity contribution in [2.75, 3.05) is 0 Å². The molecule has 0 spiro atoms. The average molecular weight is 306 g/mol. The lowest BCUT2D eigenvalue weighted by atomic mass is 10.1. The van der Waals surface area contributed by atoms with Crippen molar-refractivity contribution in [3.05, 3.63) is 52.6 Å². The summed E-state index contributed by atoms with van der Waals surface area (Å²) >= 11 is 3.35. The van der Waals surface area contributed by atoms with Crippen molar-refractivity contribution in [3.63, 3.8) is 0 Å². The molecule has 0 N–H and O–H groups in total. The molecule has 1 aromatic heterocycles. The van der Waals surface area contributed by atoms with Crippen molar-refractivity contribution in [3.8, 4) is 11.3 Å². The van der Waals surface area contributed by atoms with Crippen LogP contribution in [-0.4, -0.2) is 11.0 Å². The van der Waals surface area contributed by atoms with Gasteiger partial charge >= 0.3 is 5.97 Å². The van der Waals surface area contributed by atoms with E-state index in [-0.39, 0.29) is 5.97 Å². The van der Waals surface area contributed by atoms with Crippen LogP contribution in [-0.2, 0) is 16.1 Å². The first-order valence-electron chi connectivity index (χ1n) is 5.50. The third-order valence-corrected chi connectivity index (χ3v) is 2.85. The minimum Gasteiger partial charge on any atom is -0.461 e. The zero-order valence-corrected chi connectivity index (χ0v) is 11.5. The fourth-order valence-corrected chi connectivity index (χ4v) is 1.87. The maximum absolute atomic E-state index is 10.7. The summed E-state index contributed by atoms with van der Waals surface area (Å²) in [5.74, 6) is -0.271. The van der Waals surface area contributed by atoms with E-state index in [1.165, 1.54) is 6.92 Å². The Morgan fingerprint density at radius 2 is 1.94 bits per heavy atom. The van der Waals surface area contributed by atoms with Crippen LogP contribution >= 0.6 is 15.9 Å². The summed E-state index contributed by atoms with van der Waals surface area (Å²) in [6.45, 7) is 1.71. The molecule has 2 aromatic rings. The predicted molar refractivity (Wildman–Crippen MR) is 72.8 cm³/mol. The standard InChI is InChI=1S/C14H12BrNO2/c1-10(17)18-9-11-5-7-12(8-6-11)13-3-2-4-14(15)16-13/h2-8H,9H2,1H3. The van der Waals surface area contributed by atoms with Crippen molar-refractivity contribution in [1.82, 2.24) is 4.98 Å². The Morgan fingerprint density at radius 3 is 2.56 bits per heavy atom. The molecule has 18 heavy (non-hydrogen) atoms. The minimum atomic E-state index is -0.271. The molecule has 2 rings (SSSR count). The first-order valence-corrected chi connectivity index (χ1v) is 6.30. The summed E-state index contributed by atoms with van der Waals surface area (Å²) < 4.78 is 5.74. The molecule has 0 fully saturated rings. The van der Waals surface area contributed by atoms with Crippen LogP contribution in [0.5, 0.6) is 0 Å². The van der Waals surface area contributed by atoms with E-state index in [1.807, 2.05) is 42.5 Å². The van der Waals surface area contributed by atoms with E-state index in [2.05, 4.69) is 20.9 Å². The fraction of sp³-hybridized carbons (Fsp3) is 0.143. The van der Waals surface area contributed by atoms with E-state index in [9.17, 15) is 4.79 Å². The molecule has 0 radical (unpaired) electrons. The highest BCUT2D eigenvalue weighted by molar-refractivity contribution is 9.10. The maximum Gasteiger partial charge on any atom is 0.302 e. The number of rotatable bonds is 3. The summed E-state index contributed by atoms with van der Waals surface area (Å²) in [7, 11) is 0. The smallest absolute Gasteiger partial charge is 0.302 e. The van der Waals surface area contributed by atoms with E-state index < -0.39 is 0 Å². The zero-order valence-electron chi connectivity index (χ0n) is 9.89. The van der Waals surface area contributed by atoms with Crippen molar-refractivity contribution >= 4 is 21.9 Å². The normalized spacial score (nSPS) is 10.1. The lowest BCUT2D eigenvalue weighted by Gasteiger charge is -2.04. The van der Waals surface area contributed by atoms with Crippen LogP contribution in [0.1, 0.15) is 12.5 Å². The molecule has 0 aliphatic heterocycles. The number of ether oxygens (including phenoxy) is 1. The largest absolute Gasteiger partial charge is 0.461 e. The molecule has 1 aromatic carbocycles. The molecule has 0 saturated heterocycles. The van der Waals surface area contributed by atoms with Gasteiger partial charge in [0.2, 0.25) is 0 Å². The molecule has 0 bridgehead atoms. The van der Waals surface area contributed by atoms with Crippen LogP contribution in [0, 0.1) is 0 Å². The summed E-state index contributed by atoms with van der Waals surface area (Å²) in [5.41, 5.74) is 2.90. The molecule has 0 atom stereocenters. The molecule has 1 heterocycles.